The first kappa shape index (κ1) is 22.5. The minimum atomic E-state index is -1.26. The van der Waals surface area contributed by atoms with Gasteiger partial charge in [0, 0.05) is 37.5 Å². The molecule has 2 aliphatic rings. The van der Waals surface area contributed by atoms with Gasteiger partial charge in [-0.1, -0.05) is 23.2 Å². The first-order chi connectivity index (χ1) is 13.3. The summed E-state index contributed by atoms with van der Waals surface area (Å²) in [5, 5.41) is 16.9. The van der Waals surface area contributed by atoms with Crippen molar-refractivity contribution in [3.8, 4) is 0 Å². The van der Waals surface area contributed by atoms with E-state index in [-0.39, 0.29) is 0 Å². The summed E-state index contributed by atoms with van der Waals surface area (Å²) >= 11 is 12.1. The topological polar surface area (TPSA) is 87.1 Å². The van der Waals surface area contributed by atoms with Gasteiger partial charge >= 0.3 is 11.9 Å². The number of rotatable bonds is 7. The molecule has 0 aromatic heterocycles. The van der Waals surface area contributed by atoms with E-state index in [1.54, 1.807) is 0 Å². The van der Waals surface area contributed by atoms with Crippen LogP contribution in [0.25, 0.3) is 0 Å². The lowest BCUT2D eigenvalue weighted by molar-refractivity contribution is -0.134. The Hall–Kier alpha value is -1.76. The maximum Gasteiger partial charge on any atom is 0.328 e. The molecule has 1 atom stereocenters. The Morgan fingerprint density at radius 2 is 1.68 bits per heavy atom. The van der Waals surface area contributed by atoms with E-state index in [0.29, 0.717) is 28.1 Å². The fraction of sp³-hybridized carbons (Fsp3) is 0.500. The molecule has 2 N–H and O–H groups in total. The summed E-state index contributed by atoms with van der Waals surface area (Å²) in [5.74, 6) is -1.03. The monoisotopic (exact) mass is 429 g/mol. The van der Waals surface area contributed by atoms with Gasteiger partial charge in [0.1, 0.15) is 0 Å². The van der Waals surface area contributed by atoms with E-state index in [1.165, 1.54) is 31.4 Å². The quantitative estimate of drug-likeness (QED) is 0.626. The molecule has 1 aliphatic carbocycles. The first-order valence-electron chi connectivity index (χ1n) is 9.27. The lowest BCUT2D eigenvalue weighted by atomic mass is 9.98. The molecule has 1 saturated heterocycles. The number of anilines is 1. The molecular weight excluding hydrogens is 405 g/mol. The van der Waals surface area contributed by atoms with Crippen LogP contribution in [0, 0.1) is 11.8 Å². The van der Waals surface area contributed by atoms with Crippen molar-refractivity contribution in [3.63, 3.8) is 0 Å². The first-order valence-corrected chi connectivity index (χ1v) is 10.0. The van der Waals surface area contributed by atoms with Gasteiger partial charge < -0.3 is 19.8 Å². The maximum absolute atomic E-state index is 9.55. The van der Waals surface area contributed by atoms with Crippen molar-refractivity contribution in [2.75, 3.05) is 31.2 Å². The summed E-state index contributed by atoms with van der Waals surface area (Å²) in [6.07, 6.45) is 6.32. The molecule has 0 bridgehead atoms. The highest BCUT2D eigenvalue weighted by Gasteiger charge is 2.24. The molecular formula is C20H25Cl2NO5. The van der Waals surface area contributed by atoms with Crippen molar-refractivity contribution in [2.45, 2.75) is 25.7 Å². The normalized spacial score (nSPS) is 19.2. The van der Waals surface area contributed by atoms with Crippen LogP contribution in [0.3, 0.4) is 0 Å². The molecule has 0 spiro atoms. The molecule has 2 fully saturated rings. The van der Waals surface area contributed by atoms with Gasteiger partial charge in [-0.15, -0.1) is 0 Å². The predicted octanol–water partition coefficient (Wildman–Crippen LogP) is 4.35. The molecule has 1 heterocycles. The van der Waals surface area contributed by atoms with Crippen molar-refractivity contribution in [2.24, 2.45) is 11.8 Å². The Morgan fingerprint density at radius 1 is 1.04 bits per heavy atom. The van der Waals surface area contributed by atoms with Gasteiger partial charge in [0.15, 0.2) is 0 Å². The summed E-state index contributed by atoms with van der Waals surface area (Å²) < 4.78 is 5.85. The fourth-order valence-corrected chi connectivity index (χ4v) is 3.24. The van der Waals surface area contributed by atoms with Crippen LogP contribution in [0.15, 0.2) is 30.4 Å². The van der Waals surface area contributed by atoms with Gasteiger partial charge in [0.05, 0.1) is 16.7 Å². The van der Waals surface area contributed by atoms with Crippen molar-refractivity contribution >= 4 is 40.8 Å². The van der Waals surface area contributed by atoms with E-state index >= 15 is 0 Å². The van der Waals surface area contributed by atoms with Crippen molar-refractivity contribution in [1.82, 2.24) is 0 Å². The minimum Gasteiger partial charge on any atom is -0.478 e. The highest BCUT2D eigenvalue weighted by atomic mass is 35.5. The highest BCUT2D eigenvalue weighted by Crippen LogP contribution is 2.31. The Balaban J connectivity index is 0.000000300. The molecule has 1 aliphatic heterocycles. The summed E-state index contributed by atoms with van der Waals surface area (Å²) in [6, 6.07) is 5.91. The number of hydrogen-bond donors (Lipinski definition) is 2. The van der Waals surface area contributed by atoms with Crippen molar-refractivity contribution in [3.05, 3.63) is 40.4 Å². The average molecular weight is 430 g/mol. The summed E-state index contributed by atoms with van der Waals surface area (Å²) in [6.45, 7) is 4.01. The SMILES string of the molecule is Clc1ccc(N2CCCC(COCC3CC3)C2)cc1Cl.O=C(O)C=CC(=O)O. The number of aliphatic carboxylic acids is 2. The van der Waals surface area contributed by atoms with E-state index < -0.39 is 11.9 Å². The number of piperidine rings is 1. The van der Waals surface area contributed by atoms with Crippen LogP contribution in [-0.4, -0.2) is 48.5 Å². The standard InChI is InChI=1S/C16H21Cl2NO.C4H4O4/c17-15-6-5-14(8-16(15)18)19-7-1-2-13(9-19)11-20-10-12-3-4-12;5-3(6)1-2-4(7)8/h5-6,8,12-13H,1-4,7,9-11H2;1-2H,(H,5,6)(H,7,8). The molecule has 1 aromatic rings. The van der Waals surface area contributed by atoms with Gasteiger partial charge in [-0.2, -0.15) is 0 Å². The number of halogens is 2. The van der Waals surface area contributed by atoms with Crippen LogP contribution in [0.5, 0.6) is 0 Å². The maximum atomic E-state index is 9.55. The molecule has 8 heteroatoms. The van der Waals surface area contributed by atoms with Crippen LogP contribution < -0.4 is 4.90 Å². The summed E-state index contributed by atoms with van der Waals surface area (Å²) in [4.78, 5) is 21.5. The molecule has 0 amide bonds. The van der Waals surface area contributed by atoms with Crippen LogP contribution in [0.1, 0.15) is 25.7 Å². The molecule has 3 rings (SSSR count). The van der Waals surface area contributed by atoms with E-state index in [2.05, 4.69) is 11.0 Å². The Labute approximate surface area is 174 Å². The third kappa shape index (κ3) is 8.50. The molecule has 1 unspecified atom stereocenters. The van der Waals surface area contributed by atoms with Gasteiger partial charge in [-0.3, -0.25) is 0 Å². The van der Waals surface area contributed by atoms with Gasteiger partial charge in [0.25, 0.3) is 0 Å². The summed E-state index contributed by atoms with van der Waals surface area (Å²) in [5.41, 5.74) is 1.17. The zero-order chi connectivity index (χ0) is 20.5. The number of carboxylic acids is 2. The molecule has 28 heavy (non-hydrogen) atoms. The van der Waals surface area contributed by atoms with Crippen molar-refractivity contribution < 1.29 is 24.5 Å². The largest absolute Gasteiger partial charge is 0.478 e. The molecule has 1 saturated carbocycles. The van der Waals surface area contributed by atoms with Crippen LogP contribution >= 0.6 is 23.2 Å². The third-order valence-electron chi connectivity index (χ3n) is 4.56. The van der Waals surface area contributed by atoms with Crippen LogP contribution in [-0.2, 0) is 14.3 Å². The highest BCUT2D eigenvalue weighted by molar-refractivity contribution is 6.42. The molecule has 0 radical (unpaired) electrons. The zero-order valence-electron chi connectivity index (χ0n) is 15.5. The van der Waals surface area contributed by atoms with Gasteiger partial charge in [-0.25, -0.2) is 9.59 Å². The number of benzene rings is 1. The van der Waals surface area contributed by atoms with E-state index in [9.17, 15) is 9.59 Å². The molecule has 6 nitrogen and oxygen atoms in total. The average Bonchev–Trinajstić information content (AvgIpc) is 3.47. The van der Waals surface area contributed by atoms with E-state index in [1.807, 2.05) is 12.1 Å². The third-order valence-corrected chi connectivity index (χ3v) is 5.30. The number of carbonyl (C=O) groups is 2. The second-order valence-corrected chi connectivity index (χ2v) is 7.86. The zero-order valence-corrected chi connectivity index (χ0v) is 17.0. The second kappa shape index (κ2) is 11.3. The Bertz CT molecular complexity index is 690. The lowest BCUT2D eigenvalue weighted by Crippen LogP contribution is -2.37. The minimum absolute atomic E-state index is 0.558. The number of nitrogens with zero attached hydrogens (tertiary/aromatic N) is 1. The van der Waals surface area contributed by atoms with Crippen LogP contribution in [0.2, 0.25) is 10.0 Å². The van der Waals surface area contributed by atoms with Crippen molar-refractivity contribution in [1.29, 1.82) is 0 Å². The van der Waals surface area contributed by atoms with E-state index in [0.717, 1.165) is 32.2 Å². The number of hydrogen-bond acceptors (Lipinski definition) is 4. The van der Waals surface area contributed by atoms with Gasteiger partial charge in [-0.05, 0) is 55.7 Å². The predicted molar refractivity (Wildman–Crippen MR) is 109 cm³/mol. The Kier molecular flexibility index (Phi) is 9.09. The van der Waals surface area contributed by atoms with Crippen LogP contribution in [0.4, 0.5) is 5.69 Å². The molecule has 1 aromatic carbocycles. The number of carboxylic acid groups (broad SMARTS) is 2. The molecule has 154 valence electrons. The van der Waals surface area contributed by atoms with E-state index in [4.69, 9.17) is 38.2 Å². The summed E-state index contributed by atoms with van der Waals surface area (Å²) in [7, 11) is 0. The van der Waals surface area contributed by atoms with Gasteiger partial charge in [0.2, 0.25) is 0 Å². The fourth-order valence-electron chi connectivity index (χ4n) is 2.95. The second-order valence-electron chi connectivity index (χ2n) is 7.04. The lowest BCUT2D eigenvalue weighted by Gasteiger charge is -2.34. The number of ether oxygens (including phenoxy) is 1. The Morgan fingerprint density at radius 3 is 2.25 bits per heavy atom. The smallest absolute Gasteiger partial charge is 0.328 e.